The number of hydrogen-bond donors (Lipinski definition) is 3. The van der Waals surface area contributed by atoms with E-state index < -0.39 is 29.6 Å². The van der Waals surface area contributed by atoms with Crippen molar-refractivity contribution in [1.82, 2.24) is 15.6 Å². The molecule has 10 heteroatoms. The number of fused-ring (bicyclic) bond motifs is 1. The van der Waals surface area contributed by atoms with Crippen molar-refractivity contribution in [2.75, 3.05) is 11.9 Å². The number of carbonyl (C=O) groups is 3. The molecular weight excluding hydrogens is 605 g/mol. The lowest BCUT2D eigenvalue weighted by Gasteiger charge is -2.19. The van der Waals surface area contributed by atoms with Crippen LogP contribution < -0.4 is 16.0 Å². The van der Waals surface area contributed by atoms with Gasteiger partial charge < -0.3 is 16.0 Å². The summed E-state index contributed by atoms with van der Waals surface area (Å²) in [5.41, 5.74) is 1.94. The lowest BCUT2D eigenvalue weighted by Crippen LogP contribution is -2.40. The summed E-state index contributed by atoms with van der Waals surface area (Å²) < 4.78 is 39.1. The molecule has 5 rings (SSSR count). The predicted octanol–water partition coefficient (Wildman–Crippen LogP) is 7.95. The monoisotopic (exact) mass is 638 g/mol. The third-order valence-corrected chi connectivity index (χ3v) is 7.64. The van der Waals surface area contributed by atoms with Crippen LogP contribution in [0.25, 0.3) is 22.0 Å². The van der Waals surface area contributed by atoms with E-state index in [2.05, 4.69) is 27.9 Å². The maximum absolute atomic E-state index is 13.3. The molecule has 4 aromatic carbocycles. The first-order valence-electron chi connectivity index (χ1n) is 15.3. The van der Waals surface area contributed by atoms with Crippen LogP contribution in [0.1, 0.15) is 64.1 Å². The van der Waals surface area contributed by atoms with E-state index in [1.54, 1.807) is 66.7 Å². The number of aromatic nitrogens is 1. The number of carbonyl (C=O) groups excluding carboxylic acids is 3. The van der Waals surface area contributed by atoms with Crippen LogP contribution in [0, 0.1) is 0 Å². The largest absolute Gasteiger partial charge is 0.416 e. The van der Waals surface area contributed by atoms with E-state index in [4.69, 9.17) is 0 Å². The van der Waals surface area contributed by atoms with E-state index in [0.717, 1.165) is 31.4 Å². The number of unbranched alkanes of at least 4 members (excludes halogenated alkanes) is 2. The third-order valence-electron chi connectivity index (χ3n) is 7.64. The second-order valence-electron chi connectivity index (χ2n) is 11.0. The molecule has 0 fully saturated rings. The number of alkyl halides is 3. The summed E-state index contributed by atoms with van der Waals surface area (Å²) in [6, 6.07) is 27.6. The van der Waals surface area contributed by atoms with Gasteiger partial charge in [-0.2, -0.15) is 13.2 Å². The first-order chi connectivity index (χ1) is 22.6. The normalized spacial score (nSPS) is 11.9. The summed E-state index contributed by atoms with van der Waals surface area (Å²) >= 11 is 0. The van der Waals surface area contributed by atoms with Gasteiger partial charge in [0.1, 0.15) is 11.9 Å². The first kappa shape index (κ1) is 32.9. The molecule has 0 saturated heterocycles. The van der Waals surface area contributed by atoms with E-state index >= 15 is 0 Å². The Bertz CT molecular complexity index is 1880. The number of amides is 3. The number of nitrogens with one attached hydrogen (secondary N) is 3. The molecule has 1 atom stereocenters. The maximum atomic E-state index is 13.3. The average Bonchev–Trinajstić information content (AvgIpc) is 3.08. The number of nitrogens with zero attached hydrogens (tertiary/aromatic N) is 1. The average molecular weight is 639 g/mol. The van der Waals surface area contributed by atoms with Crippen molar-refractivity contribution >= 4 is 34.4 Å². The van der Waals surface area contributed by atoms with Gasteiger partial charge in [-0.05, 0) is 71.6 Å². The Morgan fingerprint density at radius 3 is 2.23 bits per heavy atom. The zero-order valence-electron chi connectivity index (χ0n) is 25.6. The van der Waals surface area contributed by atoms with Gasteiger partial charge in [0.2, 0.25) is 5.91 Å². The standard InChI is InChI=1S/C37H33F3N4O3/c1-2-3-9-22-41-36(47)33(25-10-5-4-6-11-25)44-34(45)27-16-20-31-26(23-27)17-21-32(42-31)43-35(46)30-13-8-7-12-29(30)24-14-18-28(19-15-24)37(38,39)40/h4-8,10-21,23,33H,2-3,9,22H2,1H3,(H,41,47)(H,44,45)(H,42,43,46). The Labute approximate surface area is 270 Å². The summed E-state index contributed by atoms with van der Waals surface area (Å²) in [4.78, 5) is 44.2. The van der Waals surface area contributed by atoms with Crippen molar-refractivity contribution in [3.05, 3.63) is 131 Å². The molecule has 3 amide bonds. The smallest absolute Gasteiger partial charge is 0.354 e. The molecule has 240 valence electrons. The molecule has 0 spiro atoms. The highest BCUT2D eigenvalue weighted by atomic mass is 19.4. The number of rotatable bonds is 11. The van der Waals surface area contributed by atoms with Crippen molar-refractivity contribution in [3.63, 3.8) is 0 Å². The quantitative estimate of drug-likeness (QED) is 0.128. The van der Waals surface area contributed by atoms with Gasteiger partial charge in [0.25, 0.3) is 11.8 Å². The molecule has 0 aliphatic carbocycles. The first-order valence-corrected chi connectivity index (χ1v) is 15.3. The van der Waals surface area contributed by atoms with E-state index in [1.807, 2.05) is 18.2 Å². The van der Waals surface area contributed by atoms with E-state index in [9.17, 15) is 27.6 Å². The van der Waals surface area contributed by atoms with Crippen LogP contribution in [0.2, 0.25) is 0 Å². The molecule has 1 heterocycles. The molecule has 7 nitrogen and oxygen atoms in total. The molecule has 0 radical (unpaired) electrons. The van der Waals surface area contributed by atoms with Crippen molar-refractivity contribution in [2.24, 2.45) is 0 Å². The van der Waals surface area contributed by atoms with Crippen LogP contribution >= 0.6 is 0 Å². The number of benzene rings is 4. The highest BCUT2D eigenvalue weighted by molar-refractivity contribution is 6.09. The van der Waals surface area contributed by atoms with Crippen molar-refractivity contribution in [3.8, 4) is 11.1 Å². The van der Waals surface area contributed by atoms with Crippen molar-refractivity contribution in [2.45, 2.75) is 38.4 Å². The second kappa shape index (κ2) is 14.7. The van der Waals surface area contributed by atoms with Crippen molar-refractivity contribution in [1.29, 1.82) is 0 Å². The molecule has 5 aromatic rings. The number of anilines is 1. The van der Waals surface area contributed by atoms with Gasteiger partial charge in [0, 0.05) is 23.1 Å². The number of halogens is 3. The highest BCUT2D eigenvalue weighted by Crippen LogP contribution is 2.32. The molecule has 0 bridgehead atoms. The van der Waals surface area contributed by atoms with Crippen molar-refractivity contribution < 1.29 is 27.6 Å². The zero-order valence-corrected chi connectivity index (χ0v) is 25.6. The third kappa shape index (κ3) is 8.21. The van der Waals surface area contributed by atoms with Gasteiger partial charge in [-0.3, -0.25) is 14.4 Å². The Morgan fingerprint density at radius 1 is 0.787 bits per heavy atom. The van der Waals surface area contributed by atoms with Gasteiger partial charge in [-0.1, -0.05) is 80.4 Å². The van der Waals surface area contributed by atoms with Crippen LogP contribution in [0.5, 0.6) is 0 Å². The van der Waals surface area contributed by atoms with E-state index in [1.165, 1.54) is 12.1 Å². The van der Waals surface area contributed by atoms with Crippen LogP contribution in [0.15, 0.2) is 109 Å². The van der Waals surface area contributed by atoms with Crippen LogP contribution in [-0.4, -0.2) is 29.3 Å². The minimum absolute atomic E-state index is 0.255. The second-order valence-corrected chi connectivity index (χ2v) is 11.0. The SMILES string of the molecule is CCCCCNC(=O)C(NC(=O)c1ccc2nc(NC(=O)c3ccccc3-c3ccc(C(F)(F)F)cc3)ccc2c1)c1ccccc1. The fourth-order valence-electron chi connectivity index (χ4n) is 5.14. The molecule has 0 aliphatic heterocycles. The summed E-state index contributed by atoms with van der Waals surface area (Å²) in [6.45, 7) is 2.60. The summed E-state index contributed by atoms with van der Waals surface area (Å²) in [5.74, 6) is -0.945. The maximum Gasteiger partial charge on any atom is 0.416 e. The van der Waals surface area contributed by atoms with Gasteiger partial charge >= 0.3 is 6.18 Å². The molecule has 0 aliphatic rings. The Kier molecular flexibility index (Phi) is 10.3. The topological polar surface area (TPSA) is 100 Å². The van der Waals surface area contributed by atoms with Crippen LogP contribution in [-0.2, 0) is 11.0 Å². The van der Waals surface area contributed by atoms with E-state index in [0.29, 0.717) is 39.7 Å². The molecule has 0 saturated carbocycles. The Balaban J connectivity index is 1.31. The Morgan fingerprint density at radius 2 is 1.51 bits per heavy atom. The molecule has 1 unspecified atom stereocenters. The van der Waals surface area contributed by atoms with Gasteiger partial charge in [0.15, 0.2) is 0 Å². The van der Waals surface area contributed by atoms with Gasteiger partial charge in [-0.25, -0.2) is 4.98 Å². The summed E-state index contributed by atoms with van der Waals surface area (Å²) in [5, 5.41) is 9.17. The lowest BCUT2D eigenvalue weighted by molar-refractivity contribution is -0.137. The predicted molar refractivity (Wildman–Crippen MR) is 176 cm³/mol. The van der Waals surface area contributed by atoms with Crippen LogP contribution in [0.3, 0.4) is 0 Å². The van der Waals surface area contributed by atoms with Crippen LogP contribution in [0.4, 0.5) is 19.0 Å². The minimum atomic E-state index is -4.46. The number of pyridine rings is 1. The molecule has 3 N–H and O–H groups in total. The molecule has 1 aromatic heterocycles. The van der Waals surface area contributed by atoms with Gasteiger partial charge in [-0.15, -0.1) is 0 Å². The Hall–Kier alpha value is -5.51. The summed E-state index contributed by atoms with van der Waals surface area (Å²) in [7, 11) is 0. The molecule has 47 heavy (non-hydrogen) atoms. The fraction of sp³-hybridized carbons (Fsp3) is 0.189. The summed E-state index contributed by atoms with van der Waals surface area (Å²) in [6.07, 6.45) is -1.59. The highest BCUT2D eigenvalue weighted by Gasteiger charge is 2.30. The fourth-order valence-corrected chi connectivity index (χ4v) is 5.14. The molecular formula is C37H33F3N4O3. The minimum Gasteiger partial charge on any atom is -0.354 e. The lowest BCUT2D eigenvalue weighted by atomic mass is 9.98. The van der Waals surface area contributed by atoms with E-state index in [-0.39, 0.29) is 17.3 Å². The van der Waals surface area contributed by atoms with Gasteiger partial charge in [0.05, 0.1) is 11.1 Å². The zero-order chi connectivity index (χ0) is 33.4. The number of hydrogen-bond acceptors (Lipinski definition) is 4.